The third kappa shape index (κ3) is 4.65. The molecule has 0 unspecified atom stereocenters. The van der Waals surface area contributed by atoms with Gasteiger partial charge in [0.2, 0.25) is 0 Å². The normalized spacial score (nSPS) is 11.6. The molecule has 0 aliphatic carbocycles. The molecule has 50 heavy (non-hydrogen) atoms. The molecule has 0 N–H and O–H groups in total. The van der Waals surface area contributed by atoms with E-state index in [0.717, 1.165) is 56.1 Å². The Hall–Kier alpha value is -6.36. The molecule has 236 valence electrons. The molecular weight excluding hydrogens is 629 g/mol. The van der Waals surface area contributed by atoms with Crippen molar-refractivity contribution >= 4 is 98.3 Å². The fourth-order valence-corrected chi connectivity index (χ4v) is 8.62. The Morgan fingerprint density at radius 2 is 0.940 bits per heavy atom. The highest BCUT2D eigenvalue weighted by Gasteiger charge is 2.22. The molecule has 0 fully saturated rings. The fraction of sp³-hybridized carbons (Fsp3) is 0. The van der Waals surface area contributed by atoms with Gasteiger partial charge >= 0.3 is 0 Å². The van der Waals surface area contributed by atoms with E-state index in [1.54, 1.807) is 0 Å². The highest BCUT2D eigenvalue weighted by atomic mass is 32.1. The third-order valence-corrected chi connectivity index (χ3v) is 10.8. The largest absolute Gasteiger partial charge is 0.456 e. The standard InChI is InChI=1S/C46H30N2OS/c1-4-15-32(16-5-1)47(33-17-6-2-7-18-33)36-24-26-39-44(30-36)50-46-41(28-31-14-10-11-21-37(31)45(39)46)48(34-19-8-3-9-20-34)35-25-27-43-40(29-35)38-22-12-13-23-42(38)49-43/h1-30H. The monoisotopic (exact) mass is 658 g/mol. The first kappa shape index (κ1) is 28.6. The topological polar surface area (TPSA) is 19.6 Å². The average molecular weight is 659 g/mol. The van der Waals surface area contributed by atoms with E-state index in [1.807, 2.05) is 23.5 Å². The molecule has 3 nitrogen and oxygen atoms in total. The average Bonchev–Trinajstić information content (AvgIpc) is 3.75. The first-order valence-corrected chi connectivity index (χ1v) is 17.7. The van der Waals surface area contributed by atoms with E-state index < -0.39 is 0 Å². The molecule has 0 amide bonds. The molecule has 0 bridgehead atoms. The van der Waals surface area contributed by atoms with Crippen LogP contribution in [0.1, 0.15) is 0 Å². The van der Waals surface area contributed by atoms with Gasteiger partial charge in [-0.15, -0.1) is 11.3 Å². The maximum absolute atomic E-state index is 6.24. The van der Waals surface area contributed by atoms with Crippen molar-refractivity contribution in [2.75, 3.05) is 9.80 Å². The molecule has 2 heterocycles. The second-order valence-electron chi connectivity index (χ2n) is 12.6. The van der Waals surface area contributed by atoms with Crippen LogP contribution in [0.25, 0.3) is 52.9 Å². The number of rotatable bonds is 6. The molecular formula is C46H30N2OS. The predicted molar refractivity (Wildman–Crippen MR) is 213 cm³/mol. The summed E-state index contributed by atoms with van der Waals surface area (Å²) in [5, 5.41) is 7.25. The van der Waals surface area contributed by atoms with Gasteiger partial charge in [0.1, 0.15) is 11.2 Å². The summed E-state index contributed by atoms with van der Waals surface area (Å²) in [6.45, 7) is 0. The molecule has 0 saturated heterocycles. The number of anilines is 6. The van der Waals surface area contributed by atoms with Gasteiger partial charge in [-0.2, -0.15) is 0 Å². The van der Waals surface area contributed by atoms with Crippen molar-refractivity contribution in [1.29, 1.82) is 0 Å². The van der Waals surface area contributed by atoms with Crippen LogP contribution in [0.4, 0.5) is 34.1 Å². The van der Waals surface area contributed by atoms with Crippen LogP contribution < -0.4 is 9.80 Å². The van der Waals surface area contributed by atoms with Crippen LogP contribution in [0.5, 0.6) is 0 Å². The number of furan rings is 1. The summed E-state index contributed by atoms with van der Waals surface area (Å²) < 4.78 is 8.74. The summed E-state index contributed by atoms with van der Waals surface area (Å²) in [6.07, 6.45) is 0. The van der Waals surface area contributed by atoms with Gasteiger partial charge in [-0.05, 0) is 89.6 Å². The minimum Gasteiger partial charge on any atom is -0.456 e. The van der Waals surface area contributed by atoms with E-state index in [9.17, 15) is 0 Å². The Balaban J connectivity index is 1.24. The maximum atomic E-state index is 6.24. The minimum atomic E-state index is 0.891. The zero-order valence-corrected chi connectivity index (χ0v) is 27.8. The van der Waals surface area contributed by atoms with Crippen molar-refractivity contribution in [3.05, 3.63) is 182 Å². The van der Waals surface area contributed by atoms with Gasteiger partial charge in [0.25, 0.3) is 0 Å². The Kier molecular flexibility index (Phi) is 6.68. The van der Waals surface area contributed by atoms with Crippen molar-refractivity contribution in [2.24, 2.45) is 0 Å². The van der Waals surface area contributed by atoms with E-state index in [4.69, 9.17) is 4.42 Å². The summed E-state index contributed by atoms with van der Waals surface area (Å²) in [5.41, 5.74) is 8.53. The van der Waals surface area contributed by atoms with Crippen LogP contribution in [-0.4, -0.2) is 0 Å². The molecule has 0 saturated carbocycles. The van der Waals surface area contributed by atoms with Gasteiger partial charge in [0.15, 0.2) is 0 Å². The van der Waals surface area contributed by atoms with Gasteiger partial charge in [0, 0.05) is 54.7 Å². The molecule has 0 radical (unpaired) electrons. The lowest BCUT2D eigenvalue weighted by Gasteiger charge is -2.26. The molecule has 10 aromatic rings. The van der Waals surface area contributed by atoms with Crippen molar-refractivity contribution in [3.63, 3.8) is 0 Å². The summed E-state index contributed by atoms with van der Waals surface area (Å²) in [5.74, 6) is 0. The Morgan fingerprint density at radius 3 is 1.66 bits per heavy atom. The number of hydrogen-bond donors (Lipinski definition) is 0. The van der Waals surface area contributed by atoms with Gasteiger partial charge in [-0.25, -0.2) is 0 Å². The van der Waals surface area contributed by atoms with Gasteiger partial charge in [-0.1, -0.05) is 103 Å². The fourth-order valence-electron chi connectivity index (χ4n) is 7.36. The van der Waals surface area contributed by atoms with Gasteiger partial charge in [0.05, 0.1) is 10.4 Å². The van der Waals surface area contributed by atoms with Crippen molar-refractivity contribution in [3.8, 4) is 0 Å². The van der Waals surface area contributed by atoms with E-state index in [2.05, 4.69) is 180 Å². The summed E-state index contributed by atoms with van der Waals surface area (Å²) >= 11 is 1.86. The Bertz CT molecular complexity index is 2780. The number of benzene rings is 8. The number of nitrogens with zero attached hydrogens (tertiary/aromatic N) is 2. The number of hydrogen-bond acceptors (Lipinski definition) is 4. The highest BCUT2D eigenvalue weighted by Crippen LogP contribution is 2.49. The predicted octanol–water partition coefficient (Wildman–Crippen LogP) is 14.0. The lowest BCUT2D eigenvalue weighted by atomic mass is 10.0. The molecule has 0 aliphatic heterocycles. The lowest BCUT2D eigenvalue weighted by molar-refractivity contribution is 0.669. The second kappa shape index (κ2) is 11.7. The van der Waals surface area contributed by atoms with Crippen molar-refractivity contribution in [2.45, 2.75) is 0 Å². The number of fused-ring (bicyclic) bond motifs is 8. The third-order valence-electron chi connectivity index (χ3n) is 9.59. The zero-order valence-electron chi connectivity index (χ0n) is 27.0. The molecule has 8 aromatic carbocycles. The maximum Gasteiger partial charge on any atom is 0.135 e. The summed E-state index contributed by atoms with van der Waals surface area (Å²) in [7, 11) is 0. The first-order chi connectivity index (χ1) is 24.8. The second-order valence-corrected chi connectivity index (χ2v) is 13.6. The molecule has 0 atom stereocenters. The molecule has 4 heteroatoms. The zero-order chi connectivity index (χ0) is 33.0. The quantitative estimate of drug-likeness (QED) is 0.177. The lowest BCUT2D eigenvalue weighted by Crippen LogP contribution is -2.10. The van der Waals surface area contributed by atoms with Crippen molar-refractivity contribution in [1.82, 2.24) is 0 Å². The van der Waals surface area contributed by atoms with Crippen LogP contribution in [0.15, 0.2) is 186 Å². The molecule has 0 aliphatic rings. The van der Waals surface area contributed by atoms with Gasteiger partial charge in [-0.3, -0.25) is 0 Å². The van der Waals surface area contributed by atoms with Crippen molar-refractivity contribution < 1.29 is 4.42 Å². The molecule has 2 aromatic heterocycles. The Labute approximate surface area is 293 Å². The van der Waals surface area contributed by atoms with E-state index in [1.165, 1.54) is 30.9 Å². The van der Waals surface area contributed by atoms with Crippen LogP contribution in [0.2, 0.25) is 0 Å². The Morgan fingerprint density at radius 1 is 0.380 bits per heavy atom. The van der Waals surface area contributed by atoms with Crippen LogP contribution in [0, 0.1) is 0 Å². The van der Waals surface area contributed by atoms with E-state index in [-0.39, 0.29) is 0 Å². The van der Waals surface area contributed by atoms with E-state index in [0.29, 0.717) is 0 Å². The van der Waals surface area contributed by atoms with E-state index >= 15 is 0 Å². The van der Waals surface area contributed by atoms with Crippen LogP contribution >= 0.6 is 11.3 Å². The number of thiophene rings is 1. The van der Waals surface area contributed by atoms with Gasteiger partial charge < -0.3 is 14.2 Å². The number of para-hydroxylation sites is 4. The van der Waals surface area contributed by atoms with Crippen LogP contribution in [-0.2, 0) is 0 Å². The summed E-state index contributed by atoms with van der Waals surface area (Å²) in [6, 6.07) is 64.9. The smallest absolute Gasteiger partial charge is 0.135 e. The van der Waals surface area contributed by atoms with Crippen LogP contribution in [0.3, 0.4) is 0 Å². The summed E-state index contributed by atoms with van der Waals surface area (Å²) in [4.78, 5) is 4.75. The molecule has 0 spiro atoms. The highest BCUT2D eigenvalue weighted by molar-refractivity contribution is 7.26. The first-order valence-electron chi connectivity index (χ1n) is 16.8. The SMILES string of the molecule is c1ccc(N(c2ccccc2)c2ccc3c(c2)sc2c(N(c4ccccc4)c4ccc5oc6ccccc6c5c4)cc4ccccc4c23)cc1. The minimum absolute atomic E-state index is 0.891. The molecule has 10 rings (SSSR count).